The lowest BCUT2D eigenvalue weighted by atomic mass is 9.86. The van der Waals surface area contributed by atoms with Crippen LogP contribution in [0.3, 0.4) is 0 Å². The zero-order chi connectivity index (χ0) is 20.5. The van der Waals surface area contributed by atoms with Crippen molar-refractivity contribution in [1.29, 1.82) is 0 Å². The van der Waals surface area contributed by atoms with Gasteiger partial charge in [0.15, 0.2) is 11.6 Å². The van der Waals surface area contributed by atoms with Crippen molar-refractivity contribution in [3.63, 3.8) is 0 Å². The molecule has 2 aromatic heterocycles. The third-order valence-corrected chi connectivity index (χ3v) is 5.24. The molecule has 0 saturated heterocycles. The number of nitrogens with zero attached hydrogens (tertiary/aromatic N) is 4. The topological polar surface area (TPSA) is 92.9 Å². The molecule has 0 unspecified atom stereocenters. The van der Waals surface area contributed by atoms with E-state index in [1.165, 1.54) is 0 Å². The van der Waals surface area contributed by atoms with Gasteiger partial charge in [0.05, 0.1) is 12.5 Å². The molecule has 0 amide bonds. The van der Waals surface area contributed by atoms with Crippen LogP contribution in [0.25, 0.3) is 5.65 Å². The van der Waals surface area contributed by atoms with Gasteiger partial charge in [-0.15, -0.1) is 10.2 Å². The highest BCUT2D eigenvalue weighted by Crippen LogP contribution is 2.25. The molecule has 1 aliphatic carbocycles. The van der Waals surface area contributed by atoms with Crippen molar-refractivity contribution in [1.82, 2.24) is 25.2 Å². The number of rotatable bonds is 8. The highest BCUT2D eigenvalue weighted by Gasteiger charge is 2.27. The summed E-state index contributed by atoms with van der Waals surface area (Å²) >= 11 is 0. The number of aromatic nitrogens is 3. The number of esters is 1. The maximum atomic E-state index is 11.9. The molecule has 0 spiro atoms. The minimum absolute atomic E-state index is 0.0468. The summed E-state index contributed by atoms with van der Waals surface area (Å²) in [6, 6.07) is 6.26. The molecule has 1 aliphatic rings. The van der Waals surface area contributed by atoms with Crippen molar-refractivity contribution < 1.29 is 9.53 Å². The van der Waals surface area contributed by atoms with Gasteiger partial charge in [0, 0.05) is 31.7 Å². The second-order valence-corrected chi connectivity index (χ2v) is 7.35. The molecular formula is C21H32N6O2. The lowest BCUT2D eigenvalue weighted by molar-refractivity contribution is -0.149. The zero-order valence-electron chi connectivity index (χ0n) is 17.4. The maximum absolute atomic E-state index is 11.9. The van der Waals surface area contributed by atoms with Gasteiger partial charge in [0.2, 0.25) is 0 Å². The van der Waals surface area contributed by atoms with Crippen LogP contribution in [-0.2, 0) is 16.0 Å². The number of hydrogen-bond acceptors (Lipinski definition) is 5. The Morgan fingerprint density at radius 1 is 1.24 bits per heavy atom. The van der Waals surface area contributed by atoms with E-state index in [9.17, 15) is 4.79 Å². The molecule has 0 aliphatic heterocycles. The highest BCUT2D eigenvalue weighted by molar-refractivity contribution is 5.80. The van der Waals surface area contributed by atoms with Gasteiger partial charge >= 0.3 is 5.97 Å². The largest absolute Gasteiger partial charge is 0.466 e. The van der Waals surface area contributed by atoms with E-state index in [1.807, 2.05) is 35.7 Å². The number of nitrogens with one attached hydrogen (secondary N) is 2. The predicted molar refractivity (Wildman–Crippen MR) is 113 cm³/mol. The van der Waals surface area contributed by atoms with Crippen LogP contribution in [0, 0.1) is 5.92 Å². The van der Waals surface area contributed by atoms with Gasteiger partial charge in [-0.3, -0.25) is 14.2 Å². The van der Waals surface area contributed by atoms with Crippen molar-refractivity contribution >= 4 is 17.6 Å². The molecular weight excluding hydrogens is 368 g/mol. The van der Waals surface area contributed by atoms with Crippen LogP contribution in [0.1, 0.15) is 51.8 Å². The number of fused-ring (bicyclic) bond motifs is 1. The summed E-state index contributed by atoms with van der Waals surface area (Å²) in [7, 11) is 0. The molecule has 8 heteroatoms. The summed E-state index contributed by atoms with van der Waals surface area (Å²) in [6.45, 7) is 5.92. The Hall–Kier alpha value is -2.64. The van der Waals surface area contributed by atoms with Crippen LogP contribution >= 0.6 is 0 Å². The number of aliphatic imine (C=N–C) groups is 1. The number of guanidine groups is 1. The van der Waals surface area contributed by atoms with Crippen molar-refractivity contribution in [3.8, 4) is 0 Å². The standard InChI is InChI=1S/C21H32N6O2/c1-3-22-21(24-17-12-10-16(11-13-17)20(28)29-4-2)23-14-7-9-19-26-25-18-8-5-6-15-27(18)19/h5-6,8,15-17H,3-4,7,9-14H2,1-2H3,(H2,22,23,24). The molecule has 1 saturated carbocycles. The van der Waals surface area contributed by atoms with E-state index < -0.39 is 0 Å². The van der Waals surface area contributed by atoms with E-state index >= 15 is 0 Å². The molecule has 8 nitrogen and oxygen atoms in total. The Labute approximate surface area is 172 Å². The summed E-state index contributed by atoms with van der Waals surface area (Å²) < 4.78 is 7.18. The number of aryl methyl sites for hydroxylation is 1. The molecule has 158 valence electrons. The number of carbonyl (C=O) groups excluding carboxylic acids is 1. The van der Waals surface area contributed by atoms with Crippen LogP contribution in [-0.4, -0.2) is 52.3 Å². The third-order valence-electron chi connectivity index (χ3n) is 5.24. The van der Waals surface area contributed by atoms with Crippen LogP contribution in [0.5, 0.6) is 0 Å². The molecule has 0 aromatic carbocycles. The van der Waals surface area contributed by atoms with Crippen molar-refractivity contribution in [2.24, 2.45) is 10.9 Å². The molecule has 2 aromatic rings. The minimum atomic E-state index is -0.0486. The molecule has 2 heterocycles. The first-order valence-corrected chi connectivity index (χ1v) is 10.7. The van der Waals surface area contributed by atoms with E-state index in [1.54, 1.807) is 0 Å². The molecule has 0 bridgehead atoms. The Balaban J connectivity index is 1.45. The van der Waals surface area contributed by atoms with E-state index in [2.05, 4.69) is 27.8 Å². The fourth-order valence-electron chi connectivity index (χ4n) is 3.74. The molecule has 3 rings (SSSR count). The fraction of sp³-hybridized carbons (Fsp3) is 0.619. The maximum Gasteiger partial charge on any atom is 0.308 e. The minimum Gasteiger partial charge on any atom is -0.466 e. The zero-order valence-corrected chi connectivity index (χ0v) is 17.4. The van der Waals surface area contributed by atoms with Gasteiger partial charge < -0.3 is 15.4 Å². The average Bonchev–Trinajstić information content (AvgIpc) is 3.15. The first-order chi connectivity index (χ1) is 14.2. The normalized spacial score (nSPS) is 19.9. The lowest BCUT2D eigenvalue weighted by Crippen LogP contribution is -2.45. The molecule has 0 radical (unpaired) electrons. The van der Waals surface area contributed by atoms with E-state index in [0.29, 0.717) is 12.6 Å². The first-order valence-electron chi connectivity index (χ1n) is 10.7. The lowest BCUT2D eigenvalue weighted by Gasteiger charge is -2.29. The average molecular weight is 401 g/mol. The Morgan fingerprint density at radius 2 is 2.07 bits per heavy atom. The number of carbonyl (C=O) groups is 1. The smallest absolute Gasteiger partial charge is 0.308 e. The monoisotopic (exact) mass is 400 g/mol. The second kappa shape index (κ2) is 10.8. The second-order valence-electron chi connectivity index (χ2n) is 7.35. The van der Waals surface area contributed by atoms with Crippen LogP contribution < -0.4 is 10.6 Å². The molecule has 2 N–H and O–H groups in total. The van der Waals surface area contributed by atoms with Crippen molar-refractivity contribution in [2.75, 3.05) is 19.7 Å². The quantitative estimate of drug-likeness (QED) is 0.306. The fourth-order valence-corrected chi connectivity index (χ4v) is 3.74. The Morgan fingerprint density at radius 3 is 2.83 bits per heavy atom. The van der Waals surface area contributed by atoms with E-state index in [0.717, 1.165) is 69.0 Å². The van der Waals surface area contributed by atoms with Crippen LogP contribution in [0.2, 0.25) is 0 Å². The van der Waals surface area contributed by atoms with Gasteiger partial charge in [-0.2, -0.15) is 0 Å². The van der Waals surface area contributed by atoms with Gasteiger partial charge in [-0.25, -0.2) is 0 Å². The van der Waals surface area contributed by atoms with E-state index in [4.69, 9.17) is 9.73 Å². The molecule has 0 atom stereocenters. The van der Waals surface area contributed by atoms with Gasteiger partial charge in [0.1, 0.15) is 5.82 Å². The number of hydrogen-bond donors (Lipinski definition) is 2. The molecule has 29 heavy (non-hydrogen) atoms. The highest BCUT2D eigenvalue weighted by atomic mass is 16.5. The van der Waals surface area contributed by atoms with Gasteiger partial charge in [-0.05, 0) is 58.1 Å². The summed E-state index contributed by atoms with van der Waals surface area (Å²) in [5.74, 6) is 1.81. The van der Waals surface area contributed by atoms with Gasteiger partial charge in [0.25, 0.3) is 0 Å². The predicted octanol–water partition coefficient (Wildman–Crippen LogP) is 2.34. The Kier molecular flexibility index (Phi) is 7.84. The summed E-state index contributed by atoms with van der Waals surface area (Å²) in [4.78, 5) is 16.6. The summed E-state index contributed by atoms with van der Waals surface area (Å²) in [5, 5.41) is 15.3. The first kappa shape index (κ1) is 21.1. The molecule has 1 fully saturated rings. The van der Waals surface area contributed by atoms with E-state index in [-0.39, 0.29) is 11.9 Å². The summed E-state index contributed by atoms with van der Waals surface area (Å²) in [5.41, 5.74) is 0.874. The SMILES string of the molecule is CCNC(=NCCCc1nnc2ccccn12)NC1CCC(C(=O)OCC)CC1. The van der Waals surface area contributed by atoms with Gasteiger partial charge in [-0.1, -0.05) is 6.07 Å². The third kappa shape index (κ3) is 5.92. The number of pyridine rings is 1. The van der Waals surface area contributed by atoms with Crippen LogP contribution in [0.15, 0.2) is 29.4 Å². The number of ether oxygens (including phenoxy) is 1. The summed E-state index contributed by atoms with van der Waals surface area (Å²) in [6.07, 6.45) is 7.39. The van der Waals surface area contributed by atoms with Crippen molar-refractivity contribution in [3.05, 3.63) is 30.2 Å². The van der Waals surface area contributed by atoms with Crippen LogP contribution in [0.4, 0.5) is 0 Å². The Bertz CT molecular complexity index is 810. The van der Waals surface area contributed by atoms with Crippen molar-refractivity contribution in [2.45, 2.75) is 58.4 Å².